The summed E-state index contributed by atoms with van der Waals surface area (Å²) < 4.78 is 36.4. The Kier molecular flexibility index (Phi) is 26.7. The van der Waals surface area contributed by atoms with Crippen LogP contribution in [0.25, 0.3) is 27.0 Å². The number of fused-ring (bicyclic) bond motifs is 1. The highest BCUT2D eigenvalue weighted by molar-refractivity contribution is 7.90. The quantitative estimate of drug-likeness (QED) is 0.0132. The number of nitrogens with zero attached hydrogens (tertiary/aromatic N) is 5. The van der Waals surface area contributed by atoms with E-state index in [1.807, 2.05) is 75.7 Å². The predicted octanol–water partition coefficient (Wildman–Crippen LogP) is 13.6. The average molecular weight is 1450 g/mol. The number of carbonyl (C=O) groups excluding carboxylic acids is 4. The molecule has 7 aromatic rings. The Morgan fingerprint density at radius 3 is 2.26 bits per heavy atom. The lowest BCUT2D eigenvalue weighted by Gasteiger charge is -2.35. The van der Waals surface area contributed by atoms with Gasteiger partial charge >= 0.3 is 0 Å². The highest BCUT2D eigenvalue weighted by atomic mass is 35.5. The number of aryl methyl sites for hydroxylation is 1. The molecule has 0 unspecified atom stereocenters. The van der Waals surface area contributed by atoms with Gasteiger partial charge in [-0.3, -0.25) is 29.6 Å². The molecule has 102 heavy (non-hydrogen) atoms. The molecule has 548 valence electrons. The molecule has 1 aliphatic carbocycles. The molecule has 0 bridgehead atoms. The number of allylic oxidation sites excluding steroid dienone is 1. The summed E-state index contributed by atoms with van der Waals surface area (Å²) in [5.41, 5.74) is 9.57. The molecule has 22 nitrogen and oxygen atoms in total. The first-order chi connectivity index (χ1) is 48.9. The van der Waals surface area contributed by atoms with Crippen LogP contribution in [-0.2, 0) is 31.0 Å². The van der Waals surface area contributed by atoms with Gasteiger partial charge in [0.25, 0.3) is 15.9 Å². The maximum absolute atomic E-state index is 14.1. The largest absolute Gasteiger partial charge is 0.455 e. The number of likely N-dealkylation sites (tertiary alicyclic amines) is 2. The first kappa shape index (κ1) is 76.7. The number of β-amino-alcohol motifs (C(OH)–C–C–N with tert-alkyl or cyclic N) is 1. The van der Waals surface area contributed by atoms with Crippen molar-refractivity contribution in [1.29, 1.82) is 0 Å². The molecule has 10 rings (SSSR count). The average Bonchev–Trinajstić information content (AvgIpc) is 1.16. The number of pyridine rings is 1. The maximum Gasteiger partial charge on any atom is 0.268 e. The molecule has 0 saturated carbocycles. The van der Waals surface area contributed by atoms with Crippen LogP contribution in [0.1, 0.15) is 165 Å². The molecule has 2 fully saturated rings. The topological polar surface area (TPSA) is 296 Å². The van der Waals surface area contributed by atoms with E-state index >= 15 is 0 Å². The number of aliphatic hydroxyl groups is 1. The predicted molar refractivity (Wildman–Crippen MR) is 403 cm³/mol. The van der Waals surface area contributed by atoms with Crippen molar-refractivity contribution < 1.29 is 47.9 Å². The first-order valence-electron chi connectivity index (χ1n) is 35.9. The van der Waals surface area contributed by atoms with Crippen LogP contribution in [0, 0.1) is 23.7 Å². The Morgan fingerprint density at radius 1 is 0.843 bits per heavy atom. The second-order valence-electron chi connectivity index (χ2n) is 29.4. The van der Waals surface area contributed by atoms with Crippen LogP contribution in [0.5, 0.6) is 11.5 Å². The van der Waals surface area contributed by atoms with E-state index in [-0.39, 0.29) is 69.8 Å². The summed E-state index contributed by atoms with van der Waals surface area (Å²) in [7, 11) is -4.57. The Bertz CT molecular complexity index is 4130. The number of carbonyl (C=O) groups is 4. The number of anilines is 3. The minimum absolute atomic E-state index is 0.0210. The van der Waals surface area contributed by atoms with Gasteiger partial charge in [-0.1, -0.05) is 133 Å². The SMILES string of the molecule is Cc1ncsc1-c1ccc(CNC(=O)[C@@H]2C[C@@H](O)CN2C(=O)[C@@H](NC(=O)CCCCCCCCCCCN2CCC(CNc3ccc(S(=O)(=O)NC(=O)c4ccc(NCCNCC5=C(c6ccc(Cl)cc6)CC(C)(C)CC5)cc4Oc4cnc5[nH]ccc5c4)cc3N(O)O)CC2)C(C)(C)C)cc1. The second-order valence-corrected chi connectivity index (χ2v) is 32.4. The van der Waals surface area contributed by atoms with Gasteiger partial charge in [-0.25, -0.2) is 23.1 Å². The highest BCUT2D eigenvalue weighted by Gasteiger charge is 2.44. The fourth-order valence-corrected chi connectivity index (χ4v) is 15.7. The molecule has 2 saturated heterocycles. The number of unbranched alkanes of at least 4 members (excludes halogenated alkanes) is 8. The van der Waals surface area contributed by atoms with Gasteiger partial charge in [0.2, 0.25) is 17.7 Å². The number of amides is 4. The van der Waals surface area contributed by atoms with Gasteiger partial charge in [0, 0.05) is 80.5 Å². The van der Waals surface area contributed by atoms with Crippen LogP contribution in [-0.4, -0.2) is 143 Å². The summed E-state index contributed by atoms with van der Waals surface area (Å²) in [6.07, 6.45) is 17.2. The molecule has 0 radical (unpaired) electrons. The molecule has 3 aromatic heterocycles. The molecule has 5 heterocycles. The summed E-state index contributed by atoms with van der Waals surface area (Å²) in [5, 5.41) is 49.0. The Labute approximate surface area is 608 Å². The molecule has 4 amide bonds. The molecule has 2 aliphatic heterocycles. The van der Waals surface area contributed by atoms with E-state index in [2.05, 4.69) is 77.1 Å². The van der Waals surface area contributed by atoms with Crippen LogP contribution in [0.3, 0.4) is 0 Å². The molecular formula is C77H101ClN12O10S2. The molecule has 3 aliphatic rings. The van der Waals surface area contributed by atoms with Crippen molar-refractivity contribution in [2.45, 2.75) is 174 Å². The lowest BCUT2D eigenvalue weighted by Crippen LogP contribution is -2.57. The van der Waals surface area contributed by atoms with Crippen molar-refractivity contribution in [3.63, 3.8) is 0 Å². The second kappa shape index (κ2) is 35.5. The smallest absolute Gasteiger partial charge is 0.268 e. The van der Waals surface area contributed by atoms with Gasteiger partial charge in [0.05, 0.1) is 44.5 Å². The number of ether oxygens (including phenoxy) is 1. The van der Waals surface area contributed by atoms with Crippen molar-refractivity contribution in [1.82, 2.24) is 45.4 Å². The fraction of sp³-hybridized carbons (Fsp3) is 0.481. The number of aromatic nitrogens is 3. The lowest BCUT2D eigenvalue weighted by molar-refractivity contribution is -0.144. The number of aromatic amines is 1. The van der Waals surface area contributed by atoms with Crippen LogP contribution < -0.4 is 41.3 Å². The van der Waals surface area contributed by atoms with Crippen LogP contribution in [0.4, 0.5) is 17.1 Å². The zero-order valence-corrected chi connectivity index (χ0v) is 62.0. The molecule has 0 spiro atoms. The Balaban J connectivity index is 0.609. The van der Waals surface area contributed by atoms with Gasteiger partial charge in [-0.15, -0.1) is 16.6 Å². The number of hydrogen-bond acceptors (Lipinski definition) is 18. The number of rotatable bonds is 34. The molecule has 4 aromatic carbocycles. The number of nitrogens with one attached hydrogen (secondary N) is 7. The highest BCUT2D eigenvalue weighted by Crippen LogP contribution is 2.43. The fourth-order valence-electron chi connectivity index (χ4n) is 13.8. The third-order valence-corrected chi connectivity index (χ3v) is 22.3. The van der Waals surface area contributed by atoms with Crippen LogP contribution in [0.15, 0.2) is 125 Å². The summed E-state index contributed by atoms with van der Waals surface area (Å²) in [4.78, 5) is 71.5. The third-order valence-electron chi connectivity index (χ3n) is 19.8. The zero-order chi connectivity index (χ0) is 72.6. The van der Waals surface area contributed by atoms with E-state index in [0.29, 0.717) is 66.2 Å². The van der Waals surface area contributed by atoms with Crippen molar-refractivity contribution in [3.05, 3.63) is 148 Å². The van der Waals surface area contributed by atoms with Crippen LogP contribution >= 0.6 is 22.9 Å². The number of halogens is 1. The van der Waals surface area contributed by atoms with Crippen molar-refractivity contribution >= 4 is 90.3 Å². The number of thiazole rings is 1. The molecule has 3 atom stereocenters. The molecule has 10 N–H and O–H groups in total. The van der Waals surface area contributed by atoms with E-state index in [1.165, 1.54) is 46.0 Å². The maximum atomic E-state index is 14.1. The summed E-state index contributed by atoms with van der Waals surface area (Å²) in [6, 6.07) is 26.5. The number of H-pyrrole nitrogens is 1. The van der Waals surface area contributed by atoms with Gasteiger partial charge in [-0.05, 0) is 165 Å². The number of piperidine rings is 1. The number of hydrogen-bond donors (Lipinski definition) is 10. The van der Waals surface area contributed by atoms with E-state index < -0.39 is 39.5 Å². The minimum atomic E-state index is -4.57. The van der Waals surface area contributed by atoms with Crippen LogP contribution in [0.2, 0.25) is 5.02 Å². The van der Waals surface area contributed by atoms with Gasteiger partial charge in [0.15, 0.2) is 0 Å². The van der Waals surface area contributed by atoms with Crippen molar-refractivity contribution in [3.8, 4) is 21.9 Å². The van der Waals surface area contributed by atoms with Crippen molar-refractivity contribution in [2.75, 3.05) is 68.2 Å². The third kappa shape index (κ3) is 21.4. The number of benzene rings is 4. The van der Waals surface area contributed by atoms with Crippen molar-refractivity contribution in [2.24, 2.45) is 16.7 Å². The lowest BCUT2D eigenvalue weighted by atomic mass is 9.72. The minimum Gasteiger partial charge on any atom is -0.455 e. The zero-order valence-electron chi connectivity index (χ0n) is 59.6. The normalized spacial score (nSPS) is 17.0. The Hall–Kier alpha value is -7.94. The number of aliphatic hydroxyl groups excluding tert-OH is 1. The summed E-state index contributed by atoms with van der Waals surface area (Å²) in [6.45, 7) is 17.9. The van der Waals surface area contributed by atoms with E-state index in [0.717, 1.165) is 143 Å². The van der Waals surface area contributed by atoms with Gasteiger partial charge < -0.3 is 51.2 Å². The summed E-state index contributed by atoms with van der Waals surface area (Å²) in [5.74, 6) is -1.15. The monoisotopic (exact) mass is 1450 g/mol. The molecule has 25 heteroatoms. The van der Waals surface area contributed by atoms with E-state index in [4.69, 9.17) is 16.3 Å². The van der Waals surface area contributed by atoms with Gasteiger partial charge in [-0.2, -0.15) is 0 Å². The Morgan fingerprint density at radius 2 is 1.56 bits per heavy atom. The number of sulfonamides is 1. The van der Waals surface area contributed by atoms with E-state index in [1.54, 1.807) is 35.7 Å². The molecular weight excluding hydrogens is 1350 g/mol. The first-order valence-corrected chi connectivity index (χ1v) is 38.7. The standard InChI is InChI=1S/C77H101ClN12O10S2/c1-51-70(101-50-85-51)55-19-17-52(18-20-55)46-84-74(94)67-42-60(91)49-89(67)75(95)71(76(2,3)4)86-69(92)16-14-12-10-8-7-9-11-13-15-37-88-38-31-53(32-39-88)45-82-65-28-26-62(43-66(65)90(96)97)102(98,99)87-73(93)63-27-25-59(41-68(63)100-61-40-56-30-34-81-72(56)83-48-61)80-36-35-79-47-57-29-33-77(5,6)44-64(57)54-21-23-58(78)24-22-54/h17-28,30,34,40-41,43,48,50,53,60,67,71,79-80,82,91,96-97H,7-16,29,31-33,35-39,42,44-47,49H2,1-6H3,(H,81,83)(H,84,94)(H,86,92)(H,87,93)/t60-,67+,71-/m1/s1. The summed E-state index contributed by atoms with van der Waals surface area (Å²) >= 11 is 7.81. The van der Waals surface area contributed by atoms with E-state index in [9.17, 15) is 43.1 Å². The van der Waals surface area contributed by atoms with Gasteiger partial charge in [0.1, 0.15) is 34.9 Å².